The Morgan fingerprint density at radius 1 is 1.41 bits per heavy atom. The van der Waals surface area contributed by atoms with Gasteiger partial charge in [0.2, 0.25) is 5.91 Å². The van der Waals surface area contributed by atoms with Crippen molar-refractivity contribution >= 4 is 17.3 Å². The number of anilines is 1. The molecule has 0 aromatic heterocycles. The number of nitrogens with one attached hydrogen (secondary N) is 1. The Balaban J connectivity index is 2.59. The Labute approximate surface area is 100 Å². The molecule has 92 valence electrons. The van der Waals surface area contributed by atoms with Crippen LogP contribution in [0.1, 0.15) is 18.9 Å². The molecule has 1 aromatic carbocycles. The molecule has 0 heterocycles. The quantitative estimate of drug-likeness (QED) is 0.465. The van der Waals surface area contributed by atoms with Crippen molar-refractivity contribution in [3.05, 3.63) is 29.8 Å². The first-order valence-electron chi connectivity index (χ1n) is 5.25. The summed E-state index contributed by atoms with van der Waals surface area (Å²) >= 11 is 0. The minimum absolute atomic E-state index is 0.0906. The van der Waals surface area contributed by atoms with Crippen LogP contribution in [0.3, 0.4) is 0 Å². The summed E-state index contributed by atoms with van der Waals surface area (Å²) in [7, 11) is 1.55. The summed E-state index contributed by atoms with van der Waals surface area (Å²) in [4.78, 5) is 11.4. The van der Waals surface area contributed by atoms with Crippen LogP contribution in [0.25, 0.3) is 0 Å². The second-order valence-electron chi connectivity index (χ2n) is 3.55. The second kappa shape index (κ2) is 6.65. The Hall–Kier alpha value is -1.88. The van der Waals surface area contributed by atoms with Gasteiger partial charge in [-0.15, -0.1) is 0 Å². The van der Waals surface area contributed by atoms with Gasteiger partial charge < -0.3 is 15.3 Å². The summed E-state index contributed by atoms with van der Waals surface area (Å²) in [5.41, 5.74) is 2.05. The lowest BCUT2D eigenvalue weighted by atomic mass is 10.1. The van der Waals surface area contributed by atoms with Crippen molar-refractivity contribution in [2.75, 3.05) is 19.0 Å². The van der Waals surface area contributed by atoms with Crippen LogP contribution in [0.5, 0.6) is 0 Å². The molecule has 5 nitrogen and oxygen atoms in total. The molecule has 0 aliphatic rings. The molecule has 0 bridgehead atoms. The smallest absolute Gasteiger partial charge is 0.226 e. The van der Waals surface area contributed by atoms with Gasteiger partial charge in [0.25, 0.3) is 0 Å². The number of rotatable bonds is 5. The Bertz CT molecular complexity index is 399. The van der Waals surface area contributed by atoms with Gasteiger partial charge in [-0.1, -0.05) is 17.3 Å². The number of hydrogen-bond donors (Lipinski definition) is 2. The highest BCUT2D eigenvalue weighted by Gasteiger charge is 2.02. The molecule has 0 unspecified atom stereocenters. The number of carbonyl (C=O) groups excluding carboxylic acids is 1. The van der Waals surface area contributed by atoms with E-state index in [0.717, 1.165) is 5.56 Å². The normalized spacial score (nSPS) is 11.3. The van der Waals surface area contributed by atoms with Gasteiger partial charge in [-0.2, -0.15) is 0 Å². The molecular weight excluding hydrogens is 220 g/mol. The molecule has 1 rings (SSSR count). The van der Waals surface area contributed by atoms with Crippen molar-refractivity contribution in [1.29, 1.82) is 0 Å². The first-order chi connectivity index (χ1) is 8.17. The average Bonchev–Trinajstić information content (AvgIpc) is 2.36. The van der Waals surface area contributed by atoms with Crippen LogP contribution in [0.4, 0.5) is 5.69 Å². The largest absolute Gasteiger partial charge is 0.411 e. The molecule has 2 N–H and O–H groups in total. The number of carbonyl (C=O) groups is 1. The zero-order valence-corrected chi connectivity index (χ0v) is 9.93. The minimum Gasteiger partial charge on any atom is -0.411 e. The predicted molar refractivity (Wildman–Crippen MR) is 65.6 cm³/mol. The van der Waals surface area contributed by atoms with Crippen LogP contribution in [0, 0.1) is 0 Å². The molecule has 0 atom stereocenters. The number of oxime groups is 1. The number of ether oxygens (including phenoxy) is 1. The summed E-state index contributed by atoms with van der Waals surface area (Å²) in [5, 5.41) is 14.4. The highest BCUT2D eigenvalue weighted by molar-refractivity contribution is 5.99. The Kier molecular flexibility index (Phi) is 5.16. The predicted octanol–water partition coefficient (Wildman–Crippen LogP) is 1.86. The fourth-order valence-electron chi connectivity index (χ4n) is 1.27. The average molecular weight is 236 g/mol. The standard InChI is InChI=1S/C12H16N2O3/c1-9(14-16)10-3-5-11(6-4-10)13-12(15)7-8-17-2/h3-6,16H,7-8H2,1-2H3,(H,13,15). The highest BCUT2D eigenvalue weighted by atomic mass is 16.5. The van der Waals surface area contributed by atoms with Crippen molar-refractivity contribution in [2.45, 2.75) is 13.3 Å². The molecule has 0 radical (unpaired) electrons. The van der Waals surface area contributed by atoms with Crippen LogP contribution >= 0.6 is 0 Å². The number of amides is 1. The zero-order chi connectivity index (χ0) is 12.7. The van der Waals surface area contributed by atoms with Gasteiger partial charge in [-0.05, 0) is 24.6 Å². The minimum atomic E-state index is -0.0906. The van der Waals surface area contributed by atoms with Crippen molar-refractivity contribution in [1.82, 2.24) is 0 Å². The van der Waals surface area contributed by atoms with Crippen molar-refractivity contribution in [2.24, 2.45) is 5.16 Å². The maximum Gasteiger partial charge on any atom is 0.226 e. The van der Waals surface area contributed by atoms with Crippen LogP contribution in [0.2, 0.25) is 0 Å². The van der Waals surface area contributed by atoms with Crippen LogP contribution in [-0.2, 0) is 9.53 Å². The molecule has 17 heavy (non-hydrogen) atoms. The van der Waals surface area contributed by atoms with Gasteiger partial charge >= 0.3 is 0 Å². The van der Waals surface area contributed by atoms with Crippen molar-refractivity contribution < 1.29 is 14.7 Å². The third-order valence-corrected chi connectivity index (χ3v) is 2.27. The van der Waals surface area contributed by atoms with Gasteiger partial charge in [0.15, 0.2) is 0 Å². The van der Waals surface area contributed by atoms with E-state index < -0.39 is 0 Å². The fourth-order valence-corrected chi connectivity index (χ4v) is 1.27. The van der Waals surface area contributed by atoms with Crippen molar-refractivity contribution in [3.63, 3.8) is 0 Å². The van der Waals surface area contributed by atoms with Crippen LogP contribution in [-0.4, -0.2) is 30.5 Å². The fraction of sp³-hybridized carbons (Fsp3) is 0.333. The van der Waals surface area contributed by atoms with E-state index in [1.165, 1.54) is 0 Å². The van der Waals surface area contributed by atoms with E-state index in [-0.39, 0.29) is 5.91 Å². The maximum absolute atomic E-state index is 11.4. The highest BCUT2D eigenvalue weighted by Crippen LogP contribution is 2.10. The van der Waals surface area contributed by atoms with Gasteiger partial charge in [0.1, 0.15) is 0 Å². The molecule has 0 saturated carbocycles. The molecule has 0 fully saturated rings. The molecule has 5 heteroatoms. The third kappa shape index (κ3) is 4.24. The summed E-state index contributed by atoms with van der Waals surface area (Å²) in [6.45, 7) is 2.10. The maximum atomic E-state index is 11.4. The SMILES string of the molecule is COCCC(=O)Nc1ccc(C(C)=NO)cc1. The second-order valence-corrected chi connectivity index (χ2v) is 3.55. The molecule has 0 spiro atoms. The van der Waals surface area contributed by atoms with E-state index in [4.69, 9.17) is 9.94 Å². The third-order valence-electron chi connectivity index (χ3n) is 2.27. The van der Waals surface area contributed by atoms with E-state index in [1.807, 2.05) is 0 Å². The van der Waals surface area contributed by atoms with Gasteiger partial charge in [-0.25, -0.2) is 0 Å². The van der Waals surface area contributed by atoms with E-state index in [1.54, 1.807) is 38.3 Å². The summed E-state index contributed by atoms with van der Waals surface area (Å²) in [5.74, 6) is -0.0906. The Morgan fingerprint density at radius 3 is 2.59 bits per heavy atom. The van der Waals surface area contributed by atoms with Crippen molar-refractivity contribution in [3.8, 4) is 0 Å². The molecule has 1 aromatic rings. The van der Waals surface area contributed by atoms with Crippen LogP contribution < -0.4 is 5.32 Å². The van der Waals surface area contributed by atoms with Gasteiger partial charge in [0, 0.05) is 12.8 Å². The number of methoxy groups -OCH3 is 1. The van der Waals surface area contributed by atoms with E-state index in [0.29, 0.717) is 24.4 Å². The molecule has 1 amide bonds. The van der Waals surface area contributed by atoms with E-state index >= 15 is 0 Å². The summed E-state index contributed by atoms with van der Waals surface area (Å²) in [6, 6.07) is 7.07. The zero-order valence-electron chi connectivity index (χ0n) is 9.93. The topological polar surface area (TPSA) is 70.9 Å². The summed E-state index contributed by atoms with van der Waals surface area (Å²) in [6.07, 6.45) is 0.329. The lowest BCUT2D eigenvalue weighted by Gasteiger charge is -2.05. The Morgan fingerprint density at radius 2 is 2.06 bits per heavy atom. The van der Waals surface area contributed by atoms with Crippen LogP contribution in [0.15, 0.2) is 29.4 Å². The molecule has 0 aliphatic heterocycles. The lowest BCUT2D eigenvalue weighted by Crippen LogP contribution is -2.13. The summed E-state index contributed by atoms with van der Waals surface area (Å²) < 4.78 is 4.81. The lowest BCUT2D eigenvalue weighted by molar-refractivity contribution is -0.117. The number of benzene rings is 1. The molecular formula is C12H16N2O3. The van der Waals surface area contributed by atoms with Gasteiger partial charge in [-0.3, -0.25) is 4.79 Å². The first kappa shape index (κ1) is 13.2. The monoisotopic (exact) mass is 236 g/mol. The number of nitrogens with zero attached hydrogens (tertiary/aromatic N) is 1. The van der Waals surface area contributed by atoms with E-state index in [9.17, 15) is 4.79 Å². The van der Waals surface area contributed by atoms with E-state index in [2.05, 4.69) is 10.5 Å². The number of hydrogen-bond acceptors (Lipinski definition) is 4. The molecule has 0 saturated heterocycles. The van der Waals surface area contributed by atoms with Gasteiger partial charge in [0.05, 0.1) is 18.7 Å². The molecule has 0 aliphatic carbocycles. The first-order valence-corrected chi connectivity index (χ1v) is 5.25.